The number of hydrogen-bond donors (Lipinski definition) is 2. The van der Waals surface area contributed by atoms with Crippen molar-refractivity contribution >= 4 is 15.9 Å². The summed E-state index contributed by atoms with van der Waals surface area (Å²) in [6.07, 6.45) is 5.09. The SMILES string of the molecule is CCCCNC(=O)c1cc(S(=O)(=O)N2CCCC2)c[nH]1. The first-order valence-electron chi connectivity index (χ1n) is 7.02. The third-order valence-electron chi connectivity index (χ3n) is 3.42. The van der Waals surface area contributed by atoms with Crippen LogP contribution in [0.1, 0.15) is 43.1 Å². The van der Waals surface area contributed by atoms with Crippen LogP contribution in [-0.2, 0) is 10.0 Å². The standard InChI is InChI=1S/C13H21N3O3S/c1-2-3-6-14-13(17)12-9-11(10-15-12)20(18,19)16-7-4-5-8-16/h9-10,15H,2-8H2,1H3,(H,14,17). The van der Waals surface area contributed by atoms with E-state index in [2.05, 4.69) is 10.3 Å². The highest BCUT2D eigenvalue weighted by molar-refractivity contribution is 7.89. The topological polar surface area (TPSA) is 82.3 Å². The molecule has 1 aromatic rings. The van der Waals surface area contributed by atoms with E-state index in [0.29, 0.717) is 25.3 Å². The summed E-state index contributed by atoms with van der Waals surface area (Å²) in [4.78, 5) is 14.7. The first-order valence-corrected chi connectivity index (χ1v) is 8.46. The minimum atomic E-state index is -3.45. The summed E-state index contributed by atoms with van der Waals surface area (Å²) >= 11 is 0. The molecule has 1 saturated heterocycles. The lowest BCUT2D eigenvalue weighted by Crippen LogP contribution is -2.27. The summed E-state index contributed by atoms with van der Waals surface area (Å²) in [6.45, 7) is 3.77. The average Bonchev–Trinajstić information content (AvgIpc) is 3.10. The van der Waals surface area contributed by atoms with Crippen molar-refractivity contribution in [3.05, 3.63) is 18.0 Å². The largest absolute Gasteiger partial charge is 0.356 e. The van der Waals surface area contributed by atoms with Crippen LogP contribution in [0, 0.1) is 0 Å². The van der Waals surface area contributed by atoms with E-state index >= 15 is 0 Å². The maximum absolute atomic E-state index is 12.3. The molecule has 20 heavy (non-hydrogen) atoms. The number of carbonyl (C=O) groups excluding carboxylic acids is 1. The molecule has 0 radical (unpaired) electrons. The Kier molecular flexibility index (Phi) is 4.82. The van der Waals surface area contributed by atoms with E-state index in [4.69, 9.17) is 0 Å². The number of hydrogen-bond acceptors (Lipinski definition) is 3. The smallest absolute Gasteiger partial charge is 0.267 e. The molecule has 1 aliphatic rings. The van der Waals surface area contributed by atoms with Gasteiger partial charge in [-0.3, -0.25) is 4.79 Å². The monoisotopic (exact) mass is 299 g/mol. The predicted octanol–water partition coefficient (Wildman–Crippen LogP) is 1.33. The van der Waals surface area contributed by atoms with Crippen molar-refractivity contribution < 1.29 is 13.2 Å². The number of nitrogens with one attached hydrogen (secondary N) is 2. The Balaban J connectivity index is 2.06. The summed E-state index contributed by atoms with van der Waals surface area (Å²) in [5, 5.41) is 2.76. The quantitative estimate of drug-likeness (QED) is 0.777. The van der Waals surface area contributed by atoms with Gasteiger partial charge in [-0.05, 0) is 25.3 Å². The number of H-pyrrole nitrogens is 1. The van der Waals surface area contributed by atoms with E-state index in [-0.39, 0.29) is 10.8 Å². The van der Waals surface area contributed by atoms with Gasteiger partial charge in [0.2, 0.25) is 10.0 Å². The van der Waals surface area contributed by atoms with E-state index in [1.807, 2.05) is 6.92 Å². The first kappa shape index (κ1) is 15.1. The molecule has 112 valence electrons. The lowest BCUT2D eigenvalue weighted by Gasteiger charge is -2.13. The van der Waals surface area contributed by atoms with E-state index in [9.17, 15) is 13.2 Å². The summed E-state index contributed by atoms with van der Waals surface area (Å²) in [6, 6.07) is 1.41. The molecule has 1 aromatic heterocycles. The number of carbonyl (C=O) groups is 1. The Labute approximate surface area is 119 Å². The van der Waals surface area contributed by atoms with Crippen molar-refractivity contribution in [2.75, 3.05) is 19.6 Å². The molecular formula is C13H21N3O3S. The van der Waals surface area contributed by atoms with Crippen LogP contribution < -0.4 is 5.32 Å². The van der Waals surface area contributed by atoms with Crippen molar-refractivity contribution in [3.8, 4) is 0 Å². The number of aromatic amines is 1. The molecule has 2 heterocycles. The van der Waals surface area contributed by atoms with Gasteiger partial charge in [-0.1, -0.05) is 13.3 Å². The molecule has 0 aromatic carbocycles. The zero-order valence-electron chi connectivity index (χ0n) is 11.7. The third-order valence-corrected chi connectivity index (χ3v) is 5.30. The van der Waals surface area contributed by atoms with E-state index in [1.54, 1.807) is 0 Å². The second-order valence-electron chi connectivity index (χ2n) is 4.97. The zero-order valence-corrected chi connectivity index (χ0v) is 12.5. The van der Waals surface area contributed by atoms with Crippen LogP contribution >= 0.6 is 0 Å². The van der Waals surface area contributed by atoms with E-state index in [0.717, 1.165) is 25.7 Å². The highest BCUT2D eigenvalue weighted by Gasteiger charge is 2.28. The van der Waals surface area contributed by atoms with Gasteiger partial charge in [0.15, 0.2) is 0 Å². The molecule has 2 N–H and O–H groups in total. The lowest BCUT2D eigenvalue weighted by atomic mass is 10.3. The fraction of sp³-hybridized carbons (Fsp3) is 0.615. The van der Waals surface area contributed by atoms with Crippen LogP contribution in [0.3, 0.4) is 0 Å². The minimum Gasteiger partial charge on any atom is -0.356 e. The lowest BCUT2D eigenvalue weighted by molar-refractivity contribution is 0.0948. The Bertz CT molecular complexity index is 559. The molecule has 0 saturated carbocycles. The molecule has 0 atom stereocenters. The summed E-state index contributed by atoms with van der Waals surface area (Å²) < 4.78 is 26.1. The third kappa shape index (κ3) is 3.21. The van der Waals surface area contributed by atoms with Crippen molar-refractivity contribution in [1.29, 1.82) is 0 Å². The normalized spacial score (nSPS) is 16.4. The molecule has 0 aliphatic carbocycles. The summed E-state index contributed by atoms with van der Waals surface area (Å²) in [5.74, 6) is -0.263. The molecule has 1 fully saturated rings. The number of aromatic nitrogens is 1. The van der Waals surface area contributed by atoms with Crippen molar-refractivity contribution in [2.45, 2.75) is 37.5 Å². The van der Waals surface area contributed by atoms with Gasteiger partial charge in [0, 0.05) is 25.8 Å². The maximum atomic E-state index is 12.3. The van der Waals surface area contributed by atoms with E-state index in [1.165, 1.54) is 16.6 Å². The molecule has 0 spiro atoms. The van der Waals surface area contributed by atoms with Crippen LogP contribution in [-0.4, -0.2) is 43.2 Å². The van der Waals surface area contributed by atoms with Crippen LogP contribution in [0.15, 0.2) is 17.2 Å². The van der Waals surface area contributed by atoms with Gasteiger partial charge in [0.05, 0.1) is 0 Å². The Hall–Kier alpha value is -1.34. The molecule has 1 amide bonds. The first-order chi connectivity index (χ1) is 9.55. The van der Waals surface area contributed by atoms with Crippen LogP contribution in [0.4, 0.5) is 0 Å². The molecule has 0 bridgehead atoms. The molecule has 0 unspecified atom stereocenters. The van der Waals surface area contributed by atoms with Gasteiger partial charge < -0.3 is 10.3 Å². The molecule has 7 heteroatoms. The Morgan fingerprint density at radius 1 is 1.40 bits per heavy atom. The zero-order chi connectivity index (χ0) is 14.6. The fourth-order valence-corrected chi connectivity index (χ4v) is 3.72. The Morgan fingerprint density at radius 2 is 2.10 bits per heavy atom. The van der Waals surface area contributed by atoms with Crippen LogP contribution in [0.2, 0.25) is 0 Å². The maximum Gasteiger partial charge on any atom is 0.267 e. The number of nitrogens with zero attached hydrogens (tertiary/aromatic N) is 1. The molecule has 6 nitrogen and oxygen atoms in total. The average molecular weight is 299 g/mol. The second-order valence-corrected chi connectivity index (χ2v) is 6.91. The second kappa shape index (κ2) is 6.41. The highest BCUT2D eigenvalue weighted by atomic mass is 32.2. The van der Waals surface area contributed by atoms with Crippen molar-refractivity contribution in [1.82, 2.24) is 14.6 Å². The highest BCUT2D eigenvalue weighted by Crippen LogP contribution is 2.21. The van der Waals surface area contributed by atoms with Crippen molar-refractivity contribution in [2.24, 2.45) is 0 Å². The predicted molar refractivity (Wildman–Crippen MR) is 76.0 cm³/mol. The van der Waals surface area contributed by atoms with Crippen LogP contribution in [0.25, 0.3) is 0 Å². The number of sulfonamides is 1. The number of rotatable bonds is 6. The summed E-state index contributed by atoms with van der Waals surface area (Å²) in [7, 11) is -3.45. The summed E-state index contributed by atoms with van der Waals surface area (Å²) in [5.41, 5.74) is 0.291. The number of amides is 1. The van der Waals surface area contributed by atoms with Crippen LogP contribution in [0.5, 0.6) is 0 Å². The fourth-order valence-electron chi connectivity index (χ4n) is 2.21. The minimum absolute atomic E-state index is 0.167. The van der Waals surface area contributed by atoms with E-state index < -0.39 is 10.0 Å². The molecular weight excluding hydrogens is 278 g/mol. The molecule has 2 rings (SSSR count). The van der Waals surface area contributed by atoms with Gasteiger partial charge >= 0.3 is 0 Å². The van der Waals surface area contributed by atoms with Crippen molar-refractivity contribution in [3.63, 3.8) is 0 Å². The van der Waals surface area contributed by atoms with Gasteiger partial charge in [0.25, 0.3) is 5.91 Å². The Morgan fingerprint density at radius 3 is 2.75 bits per heavy atom. The van der Waals surface area contributed by atoms with Gasteiger partial charge in [0.1, 0.15) is 10.6 Å². The van der Waals surface area contributed by atoms with Gasteiger partial charge in [-0.2, -0.15) is 4.31 Å². The molecule has 1 aliphatic heterocycles. The van der Waals surface area contributed by atoms with Gasteiger partial charge in [-0.25, -0.2) is 8.42 Å². The van der Waals surface area contributed by atoms with Gasteiger partial charge in [-0.15, -0.1) is 0 Å². The number of unbranched alkanes of at least 4 members (excludes halogenated alkanes) is 1.